The minimum Gasteiger partial charge on any atom is -0.450 e. The molecule has 0 rings (SSSR count). The number of hydrogen-bond donors (Lipinski definition) is 3. The predicted octanol–water partition coefficient (Wildman–Crippen LogP) is 1.41. The molecule has 0 spiro atoms. The number of carbonyl (C=O) groups is 1. The van der Waals surface area contributed by atoms with E-state index in [0.29, 0.717) is 5.92 Å². The molecule has 4 heteroatoms. The summed E-state index contributed by atoms with van der Waals surface area (Å²) >= 11 is 0. The van der Waals surface area contributed by atoms with Crippen LogP contribution in [0.1, 0.15) is 13.3 Å². The van der Waals surface area contributed by atoms with Crippen molar-refractivity contribution in [2.24, 2.45) is 5.92 Å². The molecule has 0 aliphatic rings. The first kappa shape index (κ1) is 12.6. The van der Waals surface area contributed by atoms with Crippen LogP contribution >= 0.6 is 0 Å². The molecule has 0 aromatic carbocycles. The number of carboxylic acid groups (broad SMARTS) is 2. The molecule has 0 aliphatic heterocycles. The van der Waals surface area contributed by atoms with Crippen LogP contribution in [0.5, 0.6) is 0 Å². The molecule has 1 unspecified atom stereocenters. The van der Waals surface area contributed by atoms with E-state index in [9.17, 15) is 0 Å². The molecule has 4 nitrogen and oxygen atoms in total. The summed E-state index contributed by atoms with van der Waals surface area (Å²) in [4.78, 5) is 8.56. The van der Waals surface area contributed by atoms with Crippen molar-refractivity contribution in [1.29, 1.82) is 0 Å². The Morgan fingerprint density at radius 1 is 1.64 bits per heavy atom. The summed E-state index contributed by atoms with van der Waals surface area (Å²) in [5, 5.41) is 22.4. The van der Waals surface area contributed by atoms with Gasteiger partial charge in [0.05, 0.1) is 0 Å². The fraction of sp³-hybridized carbons (Fsp3) is 0.571. The van der Waals surface area contributed by atoms with Gasteiger partial charge in [0.15, 0.2) is 0 Å². The first-order valence-electron chi connectivity index (χ1n) is 3.23. The van der Waals surface area contributed by atoms with Gasteiger partial charge in [-0.25, -0.2) is 4.79 Å². The highest BCUT2D eigenvalue weighted by Crippen LogP contribution is 1.99. The zero-order valence-corrected chi connectivity index (χ0v) is 6.53. The van der Waals surface area contributed by atoms with Crippen LogP contribution in [-0.2, 0) is 0 Å². The second-order valence-electron chi connectivity index (χ2n) is 1.87. The van der Waals surface area contributed by atoms with E-state index in [1.54, 1.807) is 6.08 Å². The zero-order chi connectivity index (χ0) is 9.28. The summed E-state index contributed by atoms with van der Waals surface area (Å²) in [5.74, 6) is 0.306. The van der Waals surface area contributed by atoms with Crippen LogP contribution in [0.4, 0.5) is 4.79 Å². The monoisotopic (exact) mass is 162 g/mol. The SMILES string of the molecule is C=CC(CC)CO.O=C(O)O. The summed E-state index contributed by atoms with van der Waals surface area (Å²) in [6, 6.07) is 0. The minimum absolute atomic E-state index is 0.236. The highest BCUT2D eigenvalue weighted by molar-refractivity contribution is 5.53. The maximum absolute atomic E-state index is 8.56. The van der Waals surface area contributed by atoms with Gasteiger partial charge in [-0.1, -0.05) is 13.0 Å². The second-order valence-corrected chi connectivity index (χ2v) is 1.87. The Kier molecular flexibility index (Phi) is 10.3. The van der Waals surface area contributed by atoms with Crippen LogP contribution in [0, 0.1) is 5.92 Å². The molecular formula is C7H14O4. The average molecular weight is 162 g/mol. The van der Waals surface area contributed by atoms with Gasteiger partial charge in [-0.2, -0.15) is 0 Å². The fourth-order valence-corrected chi connectivity index (χ4v) is 0.370. The molecule has 0 amide bonds. The molecule has 0 aromatic rings. The third-order valence-corrected chi connectivity index (χ3v) is 1.09. The first-order valence-corrected chi connectivity index (χ1v) is 3.23. The summed E-state index contributed by atoms with van der Waals surface area (Å²) in [7, 11) is 0. The molecule has 0 radical (unpaired) electrons. The van der Waals surface area contributed by atoms with E-state index in [4.69, 9.17) is 20.1 Å². The van der Waals surface area contributed by atoms with Crippen molar-refractivity contribution in [3.63, 3.8) is 0 Å². The van der Waals surface area contributed by atoms with Gasteiger partial charge in [0.2, 0.25) is 0 Å². The summed E-state index contributed by atoms with van der Waals surface area (Å²) < 4.78 is 0. The normalized spacial score (nSPS) is 10.7. The zero-order valence-electron chi connectivity index (χ0n) is 6.53. The van der Waals surface area contributed by atoms with Gasteiger partial charge in [0.25, 0.3) is 0 Å². The van der Waals surface area contributed by atoms with Gasteiger partial charge in [-0.15, -0.1) is 6.58 Å². The number of aliphatic hydroxyl groups is 1. The lowest BCUT2D eigenvalue weighted by Crippen LogP contribution is -1.98. The molecule has 0 aliphatic carbocycles. The van der Waals surface area contributed by atoms with Crippen molar-refractivity contribution in [3.05, 3.63) is 12.7 Å². The second kappa shape index (κ2) is 8.97. The maximum Gasteiger partial charge on any atom is 0.503 e. The van der Waals surface area contributed by atoms with Crippen molar-refractivity contribution in [2.45, 2.75) is 13.3 Å². The first-order chi connectivity index (χ1) is 5.08. The van der Waals surface area contributed by atoms with Crippen molar-refractivity contribution in [1.82, 2.24) is 0 Å². The lowest BCUT2D eigenvalue weighted by Gasteiger charge is -2.00. The molecule has 0 saturated carbocycles. The standard InChI is InChI=1S/C6H12O.CH2O3/c1-3-6(4-2)5-7;2-1(3)4/h3,6-7H,1,4-5H2,2H3;(H2,2,3,4). The lowest BCUT2D eigenvalue weighted by molar-refractivity contribution is 0.137. The fourth-order valence-electron chi connectivity index (χ4n) is 0.370. The number of hydrogen-bond acceptors (Lipinski definition) is 2. The average Bonchev–Trinajstić information content (AvgIpc) is 1.90. The largest absolute Gasteiger partial charge is 0.503 e. The molecule has 66 valence electrons. The van der Waals surface area contributed by atoms with E-state index in [1.165, 1.54) is 0 Å². The topological polar surface area (TPSA) is 77.8 Å². The van der Waals surface area contributed by atoms with Crippen LogP contribution in [0.3, 0.4) is 0 Å². The van der Waals surface area contributed by atoms with Crippen molar-refractivity contribution in [3.8, 4) is 0 Å². The van der Waals surface area contributed by atoms with E-state index in [0.717, 1.165) is 6.42 Å². The van der Waals surface area contributed by atoms with Crippen LogP contribution in [0.15, 0.2) is 12.7 Å². The van der Waals surface area contributed by atoms with Crippen LogP contribution in [0.2, 0.25) is 0 Å². The minimum atomic E-state index is -1.83. The molecular weight excluding hydrogens is 148 g/mol. The van der Waals surface area contributed by atoms with Crippen LogP contribution in [-0.4, -0.2) is 28.1 Å². The molecule has 11 heavy (non-hydrogen) atoms. The smallest absolute Gasteiger partial charge is 0.450 e. The maximum atomic E-state index is 8.56. The number of aliphatic hydroxyl groups excluding tert-OH is 1. The third-order valence-electron chi connectivity index (χ3n) is 1.09. The van der Waals surface area contributed by atoms with Crippen molar-refractivity contribution >= 4 is 6.16 Å². The Morgan fingerprint density at radius 2 is 2.00 bits per heavy atom. The quantitative estimate of drug-likeness (QED) is 0.548. The van der Waals surface area contributed by atoms with Crippen LogP contribution in [0.25, 0.3) is 0 Å². The van der Waals surface area contributed by atoms with Gasteiger partial charge in [-0.3, -0.25) is 0 Å². The molecule has 0 saturated heterocycles. The van der Waals surface area contributed by atoms with Gasteiger partial charge in [-0.05, 0) is 12.3 Å². The Bertz CT molecular complexity index is 103. The van der Waals surface area contributed by atoms with Gasteiger partial charge in [0, 0.05) is 6.61 Å². The molecule has 3 N–H and O–H groups in total. The summed E-state index contributed by atoms with van der Waals surface area (Å²) in [6.07, 6.45) is 0.931. The molecule has 1 atom stereocenters. The van der Waals surface area contributed by atoms with E-state index < -0.39 is 6.16 Å². The van der Waals surface area contributed by atoms with E-state index >= 15 is 0 Å². The Morgan fingerprint density at radius 3 is 2.00 bits per heavy atom. The van der Waals surface area contributed by atoms with E-state index in [1.807, 2.05) is 6.92 Å². The summed E-state index contributed by atoms with van der Waals surface area (Å²) in [5.41, 5.74) is 0. The van der Waals surface area contributed by atoms with E-state index in [2.05, 4.69) is 6.58 Å². The Hall–Kier alpha value is -1.03. The molecule has 0 fully saturated rings. The van der Waals surface area contributed by atoms with Gasteiger partial charge >= 0.3 is 6.16 Å². The molecule has 0 heterocycles. The molecule has 0 aromatic heterocycles. The third kappa shape index (κ3) is 17.6. The van der Waals surface area contributed by atoms with Crippen molar-refractivity contribution in [2.75, 3.05) is 6.61 Å². The lowest BCUT2D eigenvalue weighted by atomic mass is 10.1. The molecule has 0 bridgehead atoms. The Labute approximate surface area is 65.8 Å². The van der Waals surface area contributed by atoms with Gasteiger partial charge in [0.1, 0.15) is 0 Å². The van der Waals surface area contributed by atoms with Crippen LogP contribution < -0.4 is 0 Å². The Balaban J connectivity index is 0. The van der Waals surface area contributed by atoms with Crippen molar-refractivity contribution < 1.29 is 20.1 Å². The predicted molar refractivity (Wildman–Crippen MR) is 41.7 cm³/mol. The highest BCUT2D eigenvalue weighted by Gasteiger charge is 1.93. The summed E-state index contributed by atoms with van der Waals surface area (Å²) in [6.45, 7) is 5.81. The van der Waals surface area contributed by atoms with E-state index in [-0.39, 0.29) is 6.61 Å². The number of rotatable bonds is 3. The highest BCUT2D eigenvalue weighted by atomic mass is 16.6. The van der Waals surface area contributed by atoms with Gasteiger partial charge < -0.3 is 15.3 Å².